The fourth-order valence-corrected chi connectivity index (χ4v) is 3.30. The smallest absolute Gasteiger partial charge is 0.263 e. The van der Waals surface area contributed by atoms with E-state index in [9.17, 15) is 9.59 Å². The Bertz CT molecular complexity index is 941. The molecule has 2 N–H and O–H groups in total. The summed E-state index contributed by atoms with van der Waals surface area (Å²) < 4.78 is 1.92. The Morgan fingerprint density at radius 2 is 1.76 bits per heavy atom. The quantitative estimate of drug-likeness (QED) is 0.467. The molecule has 0 spiro atoms. The number of hydrogen-bond donors (Lipinski definition) is 2. The number of nitrogens with one attached hydrogen (secondary N) is 2. The monoisotopic (exact) mass is 393 g/mol. The molecule has 0 bridgehead atoms. The Balaban J connectivity index is 2.11. The fraction of sp³-hybridized carbons (Fsp3) is 0.118. The maximum atomic E-state index is 12.0. The number of carbonyl (C=O) groups excluding carboxylic acids is 2. The molecular weight excluding hydrogens is 381 g/mol. The van der Waals surface area contributed by atoms with Crippen molar-refractivity contribution >= 4 is 58.4 Å². The molecule has 1 fully saturated rings. The van der Waals surface area contributed by atoms with Crippen LogP contribution in [-0.4, -0.2) is 21.5 Å². The van der Waals surface area contributed by atoms with Crippen LogP contribution in [-0.2, 0) is 9.59 Å². The second-order valence-corrected chi connectivity index (χ2v) is 6.72. The SMILES string of the molecule is Cc1cc(C=C2C(=O)NC(=S)NC2=O)c(C)n1-c1cccc(Cl)c1Cl. The molecule has 1 aliphatic heterocycles. The molecule has 25 heavy (non-hydrogen) atoms. The molecule has 0 aliphatic carbocycles. The number of amides is 2. The number of nitrogens with zero attached hydrogens (tertiary/aromatic N) is 1. The lowest BCUT2D eigenvalue weighted by molar-refractivity contribution is -0.123. The van der Waals surface area contributed by atoms with Gasteiger partial charge in [-0.15, -0.1) is 0 Å². The van der Waals surface area contributed by atoms with Gasteiger partial charge in [-0.1, -0.05) is 29.3 Å². The molecule has 3 rings (SSSR count). The first-order valence-electron chi connectivity index (χ1n) is 7.31. The van der Waals surface area contributed by atoms with Crippen molar-refractivity contribution in [3.8, 4) is 5.69 Å². The number of aromatic nitrogens is 1. The Kier molecular flexibility index (Phi) is 4.69. The topological polar surface area (TPSA) is 63.1 Å². The van der Waals surface area contributed by atoms with Crippen molar-refractivity contribution in [3.05, 3.63) is 56.8 Å². The van der Waals surface area contributed by atoms with Crippen LogP contribution in [0.3, 0.4) is 0 Å². The van der Waals surface area contributed by atoms with E-state index in [0.29, 0.717) is 10.0 Å². The molecule has 1 aliphatic rings. The molecule has 0 unspecified atom stereocenters. The molecule has 2 aromatic rings. The van der Waals surface area contributed by atoms with Gasteiger partial charge >= 0.3 is 0 Å². The second kappa shape index (κ2) is 6.63. The van der Waals surface area contributed by atoms with Crippen molar-refractivity contribution < 1.29 is 9.59 Å². The van der Waals surface area contributed by atoms with Crippen molar-refractivity contribution in [1.82, 2.24) is 15.2 Å². The van der Waals surface area contributed by atoms with Gasteiger partial charge in [0.25, 0.3) is 11.8 Å². The van der Waals surface area contributed by atoms with Gasteiger partial charge in [-0.25, -0.2) is 0 Å². The van der Waals surface area contributed by atoms with Crippen LogP contribution in [0.4, 0.5) is 0 Å². The Morgan fingerprint density at radius 3 is 2.40 bits per heavy atom. The predicted octanol–water partition coefficient (Wildman–Crippen LogP) is 3.32. The number of aryl methyl sites for hydroxylation is 1. The third-order valence-corrected chi connectivity index (χ3v) is 4.90. The van der Waals surface area contributed by atoms with E-state index < -0.39 is 11.8 Å². The summed E-state index contributed by atoms with van der Waals surface area (Å²) >= 11 is 17.2. The van der Waals surface area contributed by atoms with Gasteiger partial charge in [-0.05, 0) is 55.9 Å². The zero-order chi connectivity index (χ0) is 18.3. The highest BCUT2D eigenvalue weighted by Gasteiger charge is 2.26. The van der Waals surface area contributed by atoms with E-state index in [2.05, 4.69) is 10.6 Å². The number of hydrogen-bond acceptors (Lipinski definition) is 3. The standard InChI is InChI=1S/C17H13Cl2N3O2S/c1-8-6-10(7-11-15(23)20-17(25)21-16(11)24)9(2)22(8)13-5-3-4-12(18)14(13)19/h3-7H,1-2H3,(H2,20,21,23,24,25). The zero-order valence-electron chi connectivity index (χ0n) is 13.3. The van der Waals surface area contributed by atoms with Crippen molar-refractivity contribution in [1.29, 1.82) is 0 Å². The van der Waals surface area contributed by atoms with Crippen molar-refractivity contribution in [3.63, 3.8) is 0 Å². The van der Waals surface area contributed by atoms with E-state index in [1.807, 2.05) is 36.6 Å². The van der Waals surface area contributed by atoms with E-state index in [1.54, 1.807) is 6.07 Å². The van der Waals surface area contributed by atoms with Crippen LogP contribution in [0.2, 0.25) is 10.0 Å². The predicted molar refractivity (Wildman–Crippen MR) is 102 cm³/mol. The largest absolute Gasteiger partial charge is 0.316 e. The summed E-state index contributed by atoms with van der Waals surface area (Å²) in [4.78, 5) is 24.0. The van der Waals surface area contributed by atoms with Crippen molar-refractivity contribution in [2.24, 2.45) is 0 Å². The summed E-state index contributed by atoms with van der Waals surface area (Å²) in [6.07, 6.45) is 1.53. The van der Waals surface area contributed by atoms with Gasteiger partial charge in [0.15, 0.2) is 5.11 Å². The first-order chi connectivity index (χ1) is 11.8. The maximum absolute atomic E-state index is 12.0. The van der Waals surface area contributed by atoms with E-state index in [1.165, 1.54) is 6.08 Å². The average molecular weight is 394 g/mol. The lowest BCUT2D eigenvalue weighted by atomic mass is 10.1. The fourth-order valence-electron chi connectivity index (χ4n) is 2.73. The lowest BCUT2D eigenvalue weighted by Gasteiger charge is -2.16. The van der Waals surface area contributed by atoms with Gasteiger partial charge in [0.1, 0.15) is 5.57 Å². The molecule has 0 saturated carbocycles. The molecule has 1 aromatic heterocycles. The third-order valence-electron chi connectivity index (χ3n) is 3.89. The van der Waals surface area contributed by atoms with Crippen LogP contribution >= 0.6 is 35.4 Å². The van der Waals surface area contributed by atoms with Crippen molar-refractivity contribution in [2.75, 3.05) is 0 Å². The van der Waals surface area contributed by atoms with Crippen LogP contribution in [0.25, 0.3) is 11.8 Å². The van der Waals surface area contributed by atoms with Gasteiger partial charge in [-0.3, -0.25) is 20.2 Å². The first-order valence-corrected chi connectivity index (χ1v) is 8.47. The molecule has 0 atom stereocenters. The first kappa shape index (κ1) is 17.7. The Labute approximate surface area is 159 Å². The Hall–Kier alpha value is -2.15. The minimum atomic E-state index is -0.528. The zero-order valence-corrected chi connectivity index (χ0v) is 15.6. The number of benzene rings is 1. The van der Waals surface area contributed by atoms with Gasteiger partial charge in [0.05, 0.1) is 15.7 Å². The van der Waals surface area contributed by atoms with Crippen molar-refractivity contribution in [2.45, 2.75) is 13.8 Å². The molecule has 2 amide bonds. The minimum absolute atomic E-state index is 0.00309. The number of carbonyl (C=O) groups is 2. The minimum Gasteiger partial charge on any atom is -0.316 e. The van der Waals surface area contributed by atoms with E-state index >= 15 is 0 Å². The highest BCUT2D eigenvalue weighted by Crippen LogP contribution is 2.32. The molecule has 5 nitrogen and oxygen atoms in total. The summed E-state index contributed by atoms with van der Waals surface area (Å²) in [5, 5.41) is 5.72. The molecular formula is C17H13Cl2N3O2S. The second-order valence-electron chi connectivity index (χ2n) is 5.53. The molecule has 8 heteroatoms. The summed E-state index contributed by atoms with van der Waals surface area (Å²) in [7, 11) is 0. The summed E-state index contributed by atoms with van der Waals surface area (Å²) in [5.41, 5.74) is 3.16. The average Bonchev–Trinajstić information content (AvgIpc) is 2.80. The van der Waals surface area contributed by atoms with Crippen LogP contribution in [0.15, 0.2) is 29.8 Å². The molecule has 0 radical (unpaired) electrons. The number of rotatable bonds is 2. The van der Waals surface area contributed by atoms with Gasteiger partial charge in [0, 0.05) is 11.4 Å². The van der Waals surface area contributed by atoms with Crippen LogP contribution in [0.5, 0.6) is 0 Å². The van der Waals surface area contributed by atoms with Crippen LogP contribution in [0, 0.1) is 13.8 Å². The van der Waals surface area contributed by atoms with Crippen LogP contribution in [0.1, 0.15) is 17.0 Å². The van der Waals surface area contributed by atoms with E-state index in [4.69, 9.17) is 35.4 Å². The number of halogens is 2. The molecule has 2 heterocycles. The third kappa shape index (κ3) is 3.20. The highest BCUT2D eigenvalue weighted by atomic mass is 35.5. The van der Waals surface area contributed by atoms with E-state index in [0.717, 1.165) is 22.6 Å². The van der Waals surface area contributed by atoms with Gasteiger partial charge in [0.2, 0.25) is 0 Å². The summed E-state index contributed by atoms with van der Waals surface area (Å²) in [5.74, 6) is -1.06. The number of thiocarbonyl (C=S) groups is 1. The normalized spacial score (nSPS) is 14.4. The summed E-state index contributed by atoms with van der Waals surface area (Å²) in [6, 6.07) is 7.24. The molecule has 1 aromatic carbocycles. The van der Waals surface area contributed by atoms with E-state index in [-0.39, 0.29) is 10.7 Å². The maximum Gasteiger partial charge on any atom is 0.263 e. The molecule has 1 saturated heterocycles. The van der Waals surface area contributed by atoms with Gasteiger partial charge in [-0.2, -0.15) is 0 Å². The summed E-state index contributed by atoms with van der Waals surface area (Å²) in [6.45, 7) is 3.78. The molecule has 128 valence electrons. The Morgan fingerprint density at radius 1 is 1.12 bits per heavy atom. The lowest BCUT2D eigenvalue weighted by Crippen LogP contribution is -2.51. The van der Waals surface area contributed by atoms with Gasteiger partial charge < -0.3 is 4.57 Å². The van der Waals surface area contributed by atoms with Crippen LogP contribution < -0.4 is 10.6 Å². The highest BCUT2D eigenvalue weighted by molar-refractivity contribution is 7.80.